The van der Waals surface area contributed by atoms with Gasteiger partial charge in [0, 0.05) is 16.8 Å². The first kappa shape index (κ1) is 16.1. The van der Waals surface area contributed by atoms with E-state index in [9.17, 15) is 0 Å². The largest absolute Gasteiger partial charge is 0.387 e. The zero-order valence-electron chi connectivity index (χ0n) is 1.90. The van der Waals surface area contributed by atoms with Crippen molar-refractivity contribution in [1.82, 2.24) is 0 Å². The van der Waals surface area contributed by atoms with Crippen molar-refractivity contribution in [1.29, 1.82) is 0 Å². The Bertz CT molecular complexity index is 19.1. The second kappa shape index (κ2) is 17.9. The fourth-order valence-electron chi connectivity index (χ4n) is 0. The minimum absolute atomic E-state index is 0. The van der Waals surface area contributed by atoms with Gasteiger partial charge >= 0.3 is 0 Å². The summed E-state index contributed by atoms with van der Waals surface area (Å²) in [4.78, 5) is 0. The van der Waals surface area contributed by atoms with E-state index in [0.717, 1.165) is 0 Å². The number of hydrogen-bond acceptors (Lipinski definition) is 1. The van der Waals surface area contributed by atoms with Crippen LogP contribution in [-0.4, -0.2) is 26.4 Å². The van der Waals surface area contributed by atoms with E-state index in [0.29, 0.717) is 0 Å². The van der Waals surface area contributed by atoms with Gasteiger partial charge < -0.3 is 4.46 Å². The van der Waals surface area contributed by atoms with Crippen molar-refractivity contribution in [2.75, 3.05) is 0 Å². The molecule has 0 aromatic rings. The second-order valence-electron chi connectivity index (χ2n) is 0.136. The monoisotopic (exact) mass is 167 g/mol. The summed E-state index contributed by atoms with van der Waals surface area (Å²) in [6.07, 6.45) is 0. The van der Waals surface area contributed by atoms with Crippen molar-refractivity contribution in [3.05, 3.63) is 0 Å². The molecule has 0 rings (SSSR count). The van der Waals surface area contributed by atoms with Crippen molar-refractivity contribution in [3.8, 4) is 0 Å². The van der Waals surface area contributed by atoms with Gasteiger partial charge in [0.15, 0.2) is 17.4 Å². The van der Waals surface area contributed by atoms with E-state index in [1.165, 1.54) is 0 Å². The van der Waals surface area contributed by atoms with Gasteiger partial charge in [-0.05, 0) is 0 Å². The van der Waals surface area contributed by atoms with Crippen LogP contribution in [0.1, 0.15) is 0 Å². The Hall–Kier alpha value is 1.49. The van der Waals surface area contributed by atoms with Gasteiger partial charge in [-0.1, -0.05) is 8.79 Å². The van der Waals surface area contributed by atoms with Gasteiger partial charge in [0.05, 0.1) is 0 Å². The minimum Gasteiger partial charge on any atom is -0.387 e. The summed E-state index contributed by atoms with van der Waals surface area (Å²) in [5.41, 5.74) is 0. The molecule has 5 heavy (non-hydrogen) atoms. The normalized spacial score (nSPS) is 2.60. The maximum atomic E-state index is 8.98. The zero-order valence-corrected chi connectivity index (χ0v) is 5.25. The second-order valence-corrected chi connectivity index (χ2v) is 1.22. The van der Waals surface area contributed by atoms with Crippen LogP contribution in [0, 0.1) is 0 Å². The van der Waals surface area contributed by atoms with E-state index < -0.39 is 9.07 Å². The molecule has 1 unspecified atom stereocenters. The SMILES string of the molecule is O=[SiH]P.[AlH3].[Co]. The molecule has 0 saturated heterocycles. The van der Waals surface area contributed by atoms with E-state index in [4.69, 9.17) is 4.46 Å². The van der Waals surface area contributed by atoms with Crippen molar-refractivity contribution in [2.45, 2.75) is 0 Å². The molecular weight excluding hydrogens is 161 g/mol. The Morgan fingerprint density at radius 3 is 1.60 bits per heavy atom. The zero-order chi connectivity index (χ0) is 2.71. The smallest absolute Gasteiger partial charge is 0.282 e. The van der Waals surface area contributed by atoms with Gasteiger partial charge in [0.1, 0.15) is 0 Å². The van der Waals surface area contributed by atoms with Crippen molar-refractivity contribution in [3.63, 3.8) is 0 Å². The quantitative estimate of drug-likeness (QED) is 0.313. The third-order valence-corrected chi connectivity index (χ3v) is 0. The van der Waals surface area contributed by atoms with Crippen LogP contribution in [-0.2, 0) is 21.2 Å². The molecule has 0 fully saturated rings. The molecule has 0 heterocycles. The summed E-state index contributed by atoms with van der Waals surface area (Å²) in [7, 11) is 1.52. The maximum Gasteiger partial charge on any atom is 0.282 e. The average molecular weight is 167 g/mol. The van der Waals surface area contributed by atoms with E-state index in [-0.39, 0.29) is 34.1 Å². The molecule has 0 aliphatic rings. The minimum atomic E-state index is -0.583. The van der Waals surface area contributed by atoms with Gasteiger partial charge in [-0.15, -0.1) is 0 Å². The Morgan fingerprint density at radius 1 is 1.60 bits per heavy atom. The molecule has 0 aliphatic heterocycles. The number of hydrogen-bond donors (Lipinski definition) is 0. The molecule has 33 valence electrons. The molecule has 1 atom stereocenters. The molecule has 1 radical (unpaired) electrons. The molecule has 0 bridgehead atoms. The van der Waals surface area contributed by atoms with E-state index in [1.54, 1.807) is 0 Å². The molecule has 0 N–H and O–H groups in total. The average Bonchev–Trinajstić information content (AvgIpc) is 0.918. The predicted molar refractivity (Wildman–Crippen MR) is 27.5 cm³/mol. The van der Waals surface area contributed by atoms with Crippen molar-refractivity contribution in [2.24, 2.45) is 0 Å². The van der Waals surface area contributed by atoms with Crippen LogP contribution in [0.25, 0.3) is 0 Å². The maximum absolute atomic E-state index is 8.98. The van der Waals surface area contributed by atoms with Crippen LogP contribution in [0.2, 0.25) is 0 Å². The third kappa shape index (κ3) is 30.2. The molecular formula is H6AlCoOPSi. The van der Waals surface area contributed by atoms with E-state index in [2.05, 4.69) is 8.79 Å². The molecule has 5 heteroatoms. The Balaban J connectivity index is -0.0000000200. The molecule has 0 aromatic carbocycles. The third-order valence-electron chi connectivity index (χ3n) is 0. The van der Waals surface area contributed by atoms with Crippen LogP contribution in [0.3, 0.4) is 0 Å². The summed E-state index contributed by atoms with van der Waals surface area (Å²) < 4.78 is 8.98. The molecule has 0 saturated carbocycles. The van der Waals surface area contributed by atoms with Crippen LogP contribution >= 0.6 is 8.79 Å². The molecule has 0 aromatic heterocycles. The van der Waals surface area contributed by atoms with Crippen molar-refractivity contribution >= 4 is 35.2 Å². The molecule has 0 aliphatic carbocycles. The topological polar surface area (TPSA) is 17.1 Å². The number of rotatable bonds is 0. The molecule has 0 spiro atoms. The summed E-state index contributed by atoms with van der Waals surface area (Å²) in [5.74, 6) is 0. The molecule has 1 nitrogen and oxygen atoms in total. The van der Waals surface area contributed by atoms with Crippen LogP contribution in [0.5, 0.6) is 0 Å². The van der Waals surface area contributed by atoms with Crippen LogP contribution in [0.4, 0.5) is 0 Å². The first-order chi connectivity index (χ1) is 1.41. The van der Waals surface area contributed by atoms with Gasteiger partial charge in [0.25, 0.3) is 9.07 Å². The summed E-state index contributed by atoms with van der Waals surface area (Å²) >= 11 is 0. The van der Waals surface area contributed by atoms with E-state index >= 15 is 0 Å². The standard InChI is InChI=1S/Al.Co.H3OPSi.3H/c;;1-3-2;;;/h;;3H,2H2;;;. The van der Waals surface area contributed by atoms with E-state index in [1.807, 2.05) is 0 Å². The fourth-order valence-corrected chi connectivity index (χ4v) is 0. The Morgan fingerprint density at radius 2 is 1.60 bits per heavy atom. The van der Waals surface area contributed by atoms with Gasteiger partial charge in [0.2, 0.25) is 0 Å². The predicted octanol–water partition coefficient (Wildman–Crippen LogP) is -1.63. The van der Waals surface area contributed by atoms with Crippen LogP contribution in [0.15, 0.2) is 0 Å². The van der Waals surface area contributed by atoms with Crippen molar-refractivity contribution < 1.29 is 21.2 Å². The Kier molecular flexibility index (Phi) is 57.4. The van der Waals surface area contributed by atoms with Gasteiger partial charge in [-0.25, -0.2) is 0 Å². The fraction of sp³-hybridized carbons (Fsp3) is 0. The first-order valence-electron chi connectivity index (χ1n) is 0.569. The summed E-state index contributed by atoms with van der Waals surface area (Å²) in [6.45, 7) is 0. The Labute approximate surface area is 56.5 Å². The summed E-state index contributed by atoms with van der Waals surface area (Å²) in [6, 6.07) is 0. The molecule has 0 amide bonds. The van der Waals surface area contributed by atoms with Crippen LogP contribution < -0.4 is 0 Å². The van der Waals surface area contributed by atoms with Gasteiger partial charge in [-0.2, -0.15) is 0 Å². The summed E-state index contributed by atoms with van der Waals surface area (Å²) in [5, 5.41) is 0. The first-order valence-corrected chi connectivity index (χ1v) is 3.71. The van der Waals surface area contributed by atoms with Gasteiger partial charge in [-0.3, -0.25) is 0 Å².